The molecule has 2 unspecified atom stereocenters. The molecule has 1 amide bonds. The number of amides is 1. The van der Waals surface area contributed by atoms with Gasteiger partial charge in [-0.1, -0.05) is 0 Å². The van der Waals surface area contributed by atoms with Gasteiger partial charge in [0.25, 0.3) is 6.01 Å². The third-order valence-corrected chi connectivity index (χ3v) is 5.08. The Labute approximate surface area is 153 Å². The molecule has 0 aliphatic carbocycles. The summed E-state index contributed by atoms with van der Waals surface area (Å²) >= 11 is 3.26. The van der Waals surface area contributed by atoms with Gasteiger partial charge in [-0.2, -0.15) is 18.2 Å². The van der Waals surface area contributed by atoms with Crippen molar-refractivity contribution in [3.63, 3.8) is 0 Å². The molecule has 7 nitrogen and oxygen atoms in total. The zero-order valence-corrected chi connectivity index (χ0v) is 14.7. The van der Waals surface area contributed by atoms with E-state index in [0.717, 1.165) is 6.42 Å². The first-order valence-corrected chi connectivity index (χ1v) is 8.56. The molecule has 1 aromatic heterocycles. The molecule has 0 radical (unpaired) electrons. The van der Waals surface area contributed by atoms with Crippen molar-refractivity contribution in [2.75, 3.05) is 24.6 Å². The summed E-state index contributed by atoms with van der Waals surface area (Å²) in [5, 5.41) is 9.15. The van der Waals surface area contributed by atoms with Crippen molar-refractivity contribution in [2.45, 2.75) is 24.7 Å². The molecule has 3 aliphatic rings. The fraction of sp³-hybridized carbons (Fsp3) is 0.467. The number of hydrogen-bond donors (Lipinski definition) is 1. The Morgan fingerprint density at radius 1 is 1.38 bits per heavy atom. The number of carbonyl (C=O) groups is 1. The van der Waals surface area contributed by atoms with Crippen LogP contribution in [-0.2, 0) is 0 Å². The maximum atomic E-state index is 12.3. The monoisotopic (exact) mass is 435 g/mol. The molecule has 0 spiro atoms. The Morgan fingerprint density at radius 2 is 2.08 bits per heavy atom. The predicted octanol–water partition coefficient (Wildman–Crippen LogP) is 3.47. The van der Waals surface area contributed by atoms with Gasteiger partial charge in [0, 0.05) is 19.2 Å². The van der Waals surface area contributed by atoms with Gasteiger partial charge in [-0.05, 0) is 28.4 Å². The second-order valence-electron chi connectivity index (χ2n) is 6.29. The van der Waals surface area contributed by atoms with Crippen LogP contribution in [0, 0.1) is 0 Å². The number of hydrogen-bond acceptors (Lipinski definition) is 5. The highest BCUT2D eigenvalue weighted by Gasteiger charge is 2.48. The minimum atomic E-state index is -4.43. The topological polar surface area (TPSA) is 79.0 Å². The van der Waals surface area contributed by atoms with Crippen LogP contribution in [-0.4, -0.2) is 59.0 Å². The lowest BCUT2D eigenvalue weighted by atomic mass is 9.88. The number of piperazine rings is 1. The van der Waals surface area contributed by atoms with E-state index in [2.05, 4.69) is 20.9 Å². The molecule has 26 heavy (non-hydrogen) atoms. The SMILES string of the molecule is O=C(O)N1C2CC1CN(c1nc3cc(OCC(F)(F)F)cc(Br)c3o1)C2. The number of alkyl halides is 3. The quantitative estimate of drug-likeness (QED) is 0.794. The molecule has 1 N–H and O–H groups in total. The van der Waals surface area contributed by atoms with Crippen molar-refractivity contribution in [1.29, 1.82) is 0 Å². The van der Waals surface area contributed by atoms with E-state index >= 15 is 0 Å². The first-order valence-electron chi connectivity index (χ1n) is 7.77. The number of benzene rings is 1. The molecule has 11 heteroatoms. The highest BCUT2D eigenvalue weighted by Crippen LogP contribution is 2.37. The van der Waals surface area contributed by atoms with Crippen LogP contribution in [0.2, 0.25) is 0 Å². The Bertz CT molecular complexity index is 860. The van der Waals surface area contributed by atoms with E-state index in [9.17, 15) is 18.0 Å². The largest absolute Gasteiger partial charge is 0.484 e. The number of nitrogens with zero attached hydrogens (tertiary/aromatic N) is 3. The molecule has 2 atom stereocenters. The smallest absolute Gasteiger partial charge is 0.422 e. The van der Waals surface area contributed by atoms with Crippen LogP contribution in [0.1, 0.15) is 6.42 Å². The summed E-state index contributed by atoms with van der Waals surface area (Å²) < 4.78 is 47.8. The molecule has 3 saturated heterocycles. The number of fused-ring (bicyclic) bond motifs is 3. The number of anilines is 1. The van der Waals surface area contributed by atoms with Crippen LogP contribution in [0.15, 0.2) is 21.0 Å². The van der Waals surface area contributed by atoms with Crippen molar-refractivity contribution in [3.05, 3.63) is 16.6 Å². The molecule has 2 aromatic rings. The van der Waals surface area contributed by atoms with Gasteiger partial charge in [0.15, 0.2) is 12.2 Å². The molecule has 1 aromatic carbocycles. The third kappa shape index (κ3) is 3.04. The van der Waals surface area contributed by atoms with Crippen LogP contribution >= 0.6 is 15.9 Å². The van der Waals surface area contributed by atoms with Gasteiger partial charge in [-0.15, -0.1) is 0 Å². The lowest BCUT2D eigenvalue weighted by molar-refractivity contribution is -0.153. The standard InChI is InChI=1S/C15H13BrF3N3O4/c16-10-2-9(25-6-15(17,18)19)3-11-12(10)26-13(20-11)21-4-7-1-8(5-21)22(7)14(23)24/h2-3,7-8H,1,4-6H2,(H,23,24). The van der Waals surface area contributed by atoms with E-state index in [1.165, 1.54) is 17.0 Å². The fourth-order valence-corrected chi connectivity index (χ4v) is 3.93. The number of rotatable bonds is 3. The molecule has 2 bridgehead atoms. The molecular weight excluding hydrogens is 423 g/mol. The zero-order chi connectivity index (χ0) is 18.6. The zero-order valence-electron chi connectivity index (χ0n) is 13.2. The summed E-state index contributed by atoms with van der Waals surface area (Å²) in [6.45, 7) is -0.467. The van der Waals surface area contributed by atoms with Crippen LogP contribution < -0.4 is 9.64 Å². The summed E-state index contributed by atoms with van der Waals surface area (Å²) in [5.74, 6) is 0.0279. The number of halogens is 4. The minimum Gasteiger partial charge on any atom is -0.484 e. The molecule has 3 fully saturated rings. The summed E-state index contributed by atoms with van der Waals surface area (Å²) in [6, 6.07) is 2.88. The van der Waals surface area contributed by atoms with Gasteiger partial charge in [0.05, 0.1) is 16.6 Å². The lowest BCUT2D eigenvalue weighted by Gasteiger charge is -2.54. The lowest BCUT2D eigenvalue weighted by Crippen LogP contribution is -2.70. The van der Waals surface area contributed by atoms with E-state index in [4.69, 9.17) is 14.3 Å². The van der Waals surface area contributed by atoms with Crippen molar-refractivity contribution < 1.29 is 32.2 Å². The van der Waals surface area contributed by atoms with Crippen molar-refractivity contribution >= 4 is 39.1 Å². The summed E-state index contributed by atoms with van der Waals surface area (Å²) in [7, 11) is 0. The second kappa shape index (κ2) is 5.93. The minimum absolute atomic E-state index is 0.0279. The predicted molar refractivity (Wildman–Crippen MR) is 87.5 cm³/mol. The number of carboxylic acid groups (broad SMARTS) is 1. The average Bonchev–Trinajstić information content (AvgIpc) is 2.96. The molecular formula is C15H13BrF3N3O4. The average molecular weight is 436 g/mol. The molecule has 0 saturated carbocycles. The molecule has 140 valence electrons. The molecule has 3 aliphatic heterocycles. The van der Waals surface area contributed by atoms with Gasteiger partial charge in [0.2, 0.25) is 0 Å². The number of piperidine rings is 1. The third-order valence-electron chi connectivity index (χ3n) is 4.49. The Balaban J connectivity index is 1.55. The van der Waals surface area contributed by atoms with E-state index in [1.54, 1.807) is 0 Å². The van der Waals surface area contributed by atoms with Crippen molar-refractivity contribution in [3.8, 4) is 5.75 Å². The van der Waals surface area contributed by atoms with E-state index in [-0.39, 0.29) is 17.8 Å². The summed E-state index contributed by atoms with van der Waals surface area (Å²) in [5.41, 5.74) is 0.759. The van der Waals surface area contributed by atoms with Gasteiger partial charge in [-0.3, -0.25) is 4.90 Å². The van der Waals surface area contributed by atoms with Crippen LogP contribution in [0.3, 0.4) is 0 Å². The van der Waals surface area contributed by atoms with Crippen molar-refractivity contribution in [2.24, 2.45) is 0 Å². The van der Waals surface area contributed by atoms with E-state index in [1.807, 2.05) is 4.90 Å². The van der Waals surface area contributed by atoms with E-state index < -0.39 is 18.9 Å². The van der Waals surface area contributed by atoms with Crippen LogP contribution in [0.4, 0.5) is 24.0 Å². The van der Waals surface area contributed by atoms with Gasteiger partial charge in [0.1, 0.15) is 11.3 Å². The molecule has 4 heterocycles. The van der Waals surface area contributed by atoms with Gasteiger partial charge >= 0.3 is 12.3 Å². The maximum absolute atomic E-state index is 12.3. The number of ether oxygens (including phenoxy) is 1. The second-order valence-corrected chi connectivity index (χ2v) is 7.15. The normalized spacial score (nSPS) is 22.5. The Hall–Kier alpha value is -2.17. The highest BCUT2D eigenvalue weighted by atomic mass is 79.9. The maximum Gasteiger partial charge on any atom is 0.422 e. The first-order chi connectivity index (χ1) is 12.2. The summed E-state index contributed by atoms with van der Waals surface area (Å²) in [4.78, 5) is 18.8. The van der Waals surface area contributed by atoms with Crippen molar-refractivity contribution in [1.82, 2.24) is 9.88 Å². The molecule has 5 rings (SSSR count). The van der Waals surface area contributed by atoms with Crippen LogP contribution in [0.25, 0.3) is 11.1 Å². The highest BCUT2D eigenvalue weighted by molar-refractivity contribution is 9.10. The summed E-state index contributed by atoms with van der Waals surface area (Å²) in [6.07, 6.45) is -4.55. The van der Waals surface area contributed by atoms with Crippen LogP contribution in [0.5, 0.6) is 5.75 Å². The number of oxazole rings is 1. The fourth-order valence-electron chi connectivity index (χ4n) is 3.42. The Kier molecular flexibility index (Phi) is 3.94. The van der Waals surface area contributed by atoms with Gasteiger partial charge < -0.3 is 19.2 Å². The van der Waals surface area contributed by atoms with Gasteiger partial charge in [-0.25, -0.2) is 4.79 Å². The van der Waals surface area contributed by atoms with E-state index in [0.29, 0.717) is 34.7 Å². The number of aromatic nitrogens is 1. The Morgan fingerprint density at radius 3 is 2.69 bits per heavy atom. The first kappa shape index (κ1) is 17.3.